The molecule has 0 saturated carbocycles. The summed E-state index contributed by atoms with van der Waals surface area (Å²) in [7, 11) is -1.83. The van der Waals surface area contributed by atoms with Crippen molar-refractivity contribution in [2.75, 3.05) is 0 Å². The van der Waals surface area contributed by atoms with Gasteiger partial charge in [0.15, 0.2) is 0 Å². The van der Waals surface area contributed by atoms with Gasteiger partial charge in [0.1, 0.15) is 5.82 Å². The van der Waals surface area contributed by atoms with Crippen LogP contribution in [-0.2, 0) is 30.2 Å². The molecule has 0 spiro atoms. The molecule has 2 rings (SSSR count). The first-order valence-electron chi connectivity index (χ1n) is 5.88. The van der Waals surface area contributed by atoms with Gasteiger partial charge in [-0.15, -0.1) is 0 Å². The molecule has 8 heteroatoms. The number of rotatable bonds is 5. The molecule has 0 radical (unpaired) electrons. The van der Waals surface area contributed by atoms with Crippen LogP contribution in [0.5, 0.6) is 0 Å². The molecular formula is C12H15ClN4O2S. The van der Waals surface area contributed by atoms with Crippen LogP contribution < -0.4 is 10.5 Å². The maximum atomic E-state index is 12.2. The summed E-state index contributed by atoms with van der Waals surface area (Å²) >= 11 is 5.97. The zero-order valence-corrected chi connectivity index (χ0v) is 12.4. The third-order valence-electron chi connectivity index (χ3n) is 2.90. The molecule has 0 atom stereocenters. The van der Waals surface area contributed by atoms with Crippen molar-refractivity contribution >= 4 is 21.6 Å². The quantitative estimate of drug-likeness (QED) is 0.862. The van der Waals surface area contributed by atoms with Crippen LogP contribution in [-0.4, -0.2) is 18.0 Å². The lowest BCUT2D eigenvalue weighted by Gasteiger charge is -2.08. The number of nitrogens with one attached hydrogen (secondary N) is 1. The highest BCUT2D eigenvalue weighted by molar-refractivity contribution is 7.89. The largest absolute Gasteiger partial charge is 0.337 e. The molecule has 6 nitrogen and oxygen atoms in total. The number of nitrogens with two attached hydrogens (primary N) is 1. The standard InChI is InChI=1S/C12H15ClN4O2S/c1-17-5-4-15-12(17)8-16-20(18,19)10-3-2-9(7-14)11(13)6-10/h2-6,16H,7-8,14H2,1H3. The number of sulfonamides is 1. The van der Waals surface area contributed by atoms with Gasteiger partial charge in [0.2, 0.25) is 10.0 Å². The second kappa shape index (κ2) is 5.92. The molecule has 0 unspecified atom stereocenters. The Hall–Kier alpha value is -1.41. The smallest absolute Gasteiger partial charge is 0.241 e. The van der Waals surface area contributed by atoms with Gasteiger partial charge in [0.25, 0.3) is 0 Å². The molecule has 0 aliphatic carbocycles. The first kappa shape index (κ1) is 15.0. The number of aryl methyl sites for hydroxylation is 1. The number of nitrogens with zero attached hydrogens (tertiary/aromatic N) is 2. The van der Waals surface area contributed by atoms with Gasteiger partial charge in [0.05, 0.1) is 11.4 Å². The first-order chi connectivity index (χ1) is 9.44. The van der Waals surface area contributed by atoms with Gasteiger partial charge in [0, 0.05) is 31.0 Å². The lowest BCUT2D eigenvalue weighted by Crippen LogP contribution is -2.24. The number of hydrogen-bond donors (Lipinski definition) is 2. The monoisotopic (exact) mass is 314 g/mol. The molecule has 2 aromatic rings. The summed E-state index contributed by atoms with van der Waals surface area (Å²) in [6.07, 6.45) is 3.35. The van der Waals surface area contributed by atoms with E-state index in [4.69, 9.17) is 17.3 Å². The molecule has 0 fully saturated rings. The third kappa shape index (κ3) is 3.18. The highest BCUT2D eigenvalue weighted by Gasteiger charge is 2.16. The van der Waals surface area contributed by atoms with E-state index in [2.05, 4.69) is 9.71 Å². The Morgan fingerprint density at radius 1 is 1.45 bits per heavy atom. The van der Waals surface area contributed by atoms with E-state index in [1.165, 1.54) is 12.1 Å². The van der Waals surface area contributed by atoms with Crippen molar-refractivity contribution in [2.24, 2.45) is 12.8 Å². The van der Waals surface area contributed by atoms with E-state index < -0.39 is 10.0 Å². The van der Waals surface area contributed by atoms with Gasteiger partial charge in [-0.05, 0) is 17.7 Å². The normalized spacial score (nSPS) is 11.8. The Labute approximate surface area is 122 Å². The highest BCUT2D eigenvalue weighted by Crippen LogP contribution is 2.20. The fourth-order valence-electron chi connectivity index (χ4n) is 1.67. The predicted molar refractivity (Wildman–Crippen MR) is 76.6 cm³/mol. The average Bonchev–Trinajstić information content (AvgIpc) is 2.82. The summed E-state index contributed by atoms with van der Waals surface area (Å²) in [5.41, 5.74) is 6.19. The Morgan fingerprint density at radius 3 is 2.75 bits per heavy atom. The van der Waals surface area contributed by atoms with Crippen LogP contribution in [0.1, 0.15) is 11.4 Å². The van der Waals surface area contributed by atoms with Crippen LogP contribution in [0, 0.1) is 0 Å². The van der Waals surface area contributed by atoms with Crippen LogP contribution in [0.3, 0.4) is 0 Å². The SMILES string of the molecule is Cn1ccnc1CNS(=O)(=O)c1ccc(CN)c(Cl)c1. The van der Waals surface area contributed by atoms with E-state index in [1.807, 2.05) is 0 Å². The van der Waals surface area contributed by atoms with Crippen molar-refractivity contribution in [1.29, 1.82) is 0 Å². The molecule has 1 aromatic heterocycles. The minimum atomic E-state index is -3.63. The van der Waals surface area contributed by atoms with Gasteiger partial charge < -0.3 is 10.3 Å². The van der Waals surface area contributed by atoms with Crippen molar-refractivity contribution in [1.82, 2.24) is 14.3 Å². The number of hydrogen-bond acceptors (Lipinski definition) is 4. The Bertz CT molecular complexity index is 712. The molecule has 0 amide bonds. The van der Waals surface area contributed by atoms with Gasteiger partial charge in [-0.2, -0.15) is 0 Å². The highest BCUT2D eigenvalue weighted by atomic mass is 35.5. The van der Waals surface area contributed by atoms with Crippen LogP contribution in [0.4, 0.5) is 0 Å². The second-order valence-electron chi connectivity index (χ2n) is 4.24. The molecule has 1 aromatic carbocycles. The molecule has 0 saturated heterocycles. The Kier molecular flexibility index (Phi) is 4.44. The van der Waals surface area contributed by atoms with Gasteiger partial charge in [-0.25, -0.2) is 18.1 Å². The first-order valence-corrected chi connectivity index (χ1v) is 7.74. The maximum absolute atomic E-state index is 12.2. The van der Waals surface area contributed by atoms with Crippen LogP contribution in [0.25, 0.3) is 0 Å². The fraction of sp³-hybridized carbons (Fsp3) is 0.250. The molecule has 20 heavy (non-hydrogen) atoms. The molecule has 108 valence electrons. The fourth-order valence-corrected chi connectivity index (χ4v) is 3.00. The predicted octanol–water partition coefficient (Wildman–Crippen LogP) is 1.01. The number of benzene rings is 1. The van der Waals surface area contributed by atoms with E-state index >= 15 is 0 Å². The molecular weight excluding hydrogens is 300 g/mol. The van der Waals surface area contributed by atoms with Crippen LogP contribution in [0.2, 0.25) is 5.02 Å². The van der Waals surface area contributed by atoms with Crippen LogP contribution in [0.15, 0.2) is 35.5 Å². The van der Waals surface area contributed by atoms with Crippen molar-refractivity contribution in [2.45, 2.75) is 18.0 Å². The van der Waals surface area contributed by atoms with Gasteiger partial charge >= 0.3 is 0 Å². The molecule has 0 aliphatic heterocycles. The van der Waals surface area contributed by atoms with Crippen molar-refractivity contribution in [3.05, 3.63) is 47.0 Å². The average molecular weight is 315 g/mol. The molecule has 0 bridgehead atoms. The number of halogens is 1. The molecule has 0 aliphatic rings. The van der Waals surface area contributed by atoms with E-state index in [0.29, 0.717) is 16.4 Å². The van der Waals surface area contributed by atoms with Crippen molar-refractivity contribution < 1.29 is 8.42 Å². The van der Waals surface area contributed by atoms with E-state index in [9.17, 15) is 8.42 Å². The summed E-state index contributed by atoms with van der Waals surface area (Å²) in [6, 6.07) is 4.48. The Morgan fingerprint density at radius 2 is 2.20 bits per heavy atom. The summed E-state index contributed by atoms with van der Waals surface area (Å²) in [4.78, 5) is 4.16. The minimum absolute atomic E-state index is 0.105. The summed E-state index contributed by atoms with van der Waals surface area (Å²) < 4.78 is 28.5. The van der Waals surface area contributed by atoms with Gasteiger partial charge in [-0.3, -0.25) is 0 Å². The lowest BCUT2D eigenvalue weighted by atomic mass is 10.2. The minimum Gasteiger partial charge on any atom is -0.337 e. The molecule has 1 heterocycles. The van der Waals surface area contributed by atoms with Gasteiger partial charge in [-0.1, -0.05) is 17.7 Å². The summed E-state index contributed by atoms with van der Waals surface area (Å²) in [5.74, 6) is 0.623. The number of imidazole rings is 1. The zero-order chi connectivity index (χ0) is 14.8. The second-order valence-corrected chi connectivity index (χ2v) is 6.41. The lowest BCUT2D eigenvalue weighted by molar-refractivity contribution is 0.577. The summed E-state index contributed by atoms with van der Waals surface area (Å²) in [6.45, 7) is 0.377. The van der Waals surface area contributed by atoms with Crippen molar-refractivity contribution in [3.8, 4) is 0 Å². The maximum Gasteiger partial charge on any atom is 0.241 e. The van der Waals surface area contributed by atoms with Crippen molar-refractivity contribution in [3.63, 3.8) is 0 Å². The number of aromatic nitrogens is 2. The van der Waals surface area contributed by atoms with Crippen LogP contribution >= 0.6 is 11.6 Å². The topological polar surface area (TPSA) is 90.0 Å². The van der Waals surface area contributed by atoms with E-state index in [-0.39, 0.29) is 18.0 Å². The molecule has 3 N–H and O–H groups in total. The zero-order valence-electron chi connectivity index (χ0n) is 10.9. The van der Waals surface area contributed by atoms with E-state index in [0.717, 1.165) is 0 Å². The Balaban J connectivity index is 2.18. The third-order valence-corrected chi connectivity index (χ3v) is 4.65. The summed E-state index contributed by atoms with van der Waals surface area (Å²) in [5, 5.41) is 0.340. The van der Waals surface area contributed by atoms with E-state index in [1.54, 1.807) is 30.1 Å².